The predicted molar refractivity (Wildman–Crippen MR) is 74.6 cm³/mol. The molecule has 1 aromatic heterocycles. The Morgan fingerprint density at radius 1 is 1.29 bits per heavy atom. The van der Waals surface area contributed by atoms with Crippen molar-refractivity contribution in [1.82, 2.24) is 14.9 Å². The summed E-state index contributed by atoms with van der Waals surface area (Å²) >= 11 is 7.10. The van der Waals surface area contributed by atoms with Crippen molar-refractivity contribution in [2.75, 3.05) is 13.1 Å². The lowest BCUT2D eigenvalue weighted by Crippen LogP contribution is -2.40. The van der Waals surface area contributed by atoms with E-state index in [9.17, 15) is 0 Å². The van der Waals surface area contributed by atoms with Crippen LogP contribution in [0, 0.1) is 0 Å². The highest BCUT2D eigenvalue weighted by Gasteiger charge is 2.23. The summed E-state index contributed by atoms with van der Waals surface area (Å²) in [5.41, 5.74) is 2.39. The van der Waals surface area contributed by atoms with Crippen LogP contribution in [-0.4, -0.2) is 22.6 Å². The van der Waals surface area contributed by atoms with Gasteiger partial charge in [0.05, 0.1) is 12.0 Å². The largest absolute Gasteiger partial charge is 0.315 e. The summed E-state index contributed by atoms with van der Waals surface area (Å²) in [6.45, 7) is 2.08. The molecule has 1 aromatic carbocycles. The molecular formula is C12H11Br2N3. The fraction of sp³-hybridized carbons (Fsp3) is 0.250. The van der Waals surface area contributed by atoms with Gasteiger partial charge in [0.1, 0.15) is 0 Å². The SMILES string of the molecule is Brc1ccc(Br)c(-n2cncc2C2CNC2)c1. The fourth-order valence-corrected chi connectivity index (χ4v) is 2.76. The van der Waals surface area contributed by atoms with Crippen molar-refractivity contribution in [2.24, 2.45) is 0 Å². The third-order valence-electron chi connectivity index (χ3n) is 3.03. The van der Waals surface area contributed by atoms with E-state index in [-0.39, 0.29) is 0 Å². The predicted octanol–water partition coefficient (Wildman–Crippen LogP) is 3.08. The molecule has 3 nitrogen and oxygen atoms in total. The molecule has 1 aliphatic heterocycles. The lowest BCUT2D eigenvalue weighted by molar-refractivity contribution is 0.435. The Balaban J connectivity index is 2.08. The van der Waals surface area contributed by atoms with Crippen LogP contribution in [0.2, 0.25) is 0 Å². The van der Waals surface area contributed by atoms with E-state index in [0.717, 1.165) is 27.7 Å². The van der Waals surface area contributed by atoms with Crippen LogP contribution in [0.3, 0.4) is 0 Å². The molecule has 88 valence electrons. The summed E-state index contributed by atoms with van der Waals surface area (Å²) in [4.78, 5) is 4.27. The summed E-state index contributed by atoms with van der Waals surface area (Å²) in [6.07, 6.45) is 3.83. The molecule has 0 saturated carbocycles. The van der Waals surface area contributed by atoms with Crippen LogP contribution in [0.5, 0.6) is 0 Å². The van der Waals surface area contributed by atoms with E-state index in [1.165, 1.54) is 5.69 Å². The van der Waals surface area contributed by atoms with E-state index >= 15 is 0 Å². The first kappa shape index (κ1) is 11.4. The van der Waals surface area contributed by atoms with Crippen molar-refractivity contribution in [1.29, 1.82) is 0 Å². The first-order valence-corrected chi connectivity index (χ1v) is 7.02. The number of halogens is 2. The highest BCUT2D eigenvalue weighted by Crippen LogP contribution is 2.29. The van der Waals surface area contributed by atoms with E-state index in [1.54, 1.807) is 0 Å². The minimum Gasteiger partial charge on any atom is -0.315 e. The standard InChI is InChI=1S/C12H11Br2N3/c13-9-1-2-10(14)11(3-9)17-7-16-6-12(17)8-4-15-5-8/h1-3,6-8,15H,4-5H2. The van der Waals surface area contributed by atoms with Gasteiger partial charge in [0, 0.05) is 39.8 Å². The molecule has 1 N–H and O–H groups in total. The Morgan fingerprint density at radius 2 is 2.12 bits per heavy atom. The van der Waals surface area contributed by atoms with Crippen LogP contribution in [0.25, 0.3) is 5.69 Å². The second-order valence-corrected chi connectivity index (χ2v) is 5.91. The number of aromatic nitrogens is 2. The van der Waals surface area contributed by atoms with Gasteiger partial charge in [0.2, 0.25) is 0 Å². The van der Waals surface area contributed by atoms with Crippen molar-refractivity contribution in [2.45, 2.75) is 5.92 Å². The maximum absolute atomic E-state index is 4.27. The molecule has 0 spiro atoms. The average molecular weight is 357 g/mol. The Kier molecular flexibility index (Phi) is 3.06. The lowest BCUT2D eigenvalue weighted by atomic mass is 10.00. The summed E-state index contributed by atoms with van der Waals surface area (Å²) in [5, 5.41) is 3.29. The number of rotatable bonds is 2. The van der Waals surface area contributed by atoms with Gasteiger partial charge in [-0.2, -0.15) is 0 Å². The van der Waals surface area contributed by atoms with E-state index < -0.39 is 0 Å². The minimum absolute atomic E-state index is 0.573. The molecule has 2 aromatic rings. The van der Waals surface area contributed by atoms with Gasteiger partial charge in [-0.1, -0.05) is 15.9 Å². The van der Waals surface area contributed by atoms with Crippen LogP contribution in [-0.2, 0) is 0 Å². The van der Waals surface area contributed by atoms with Crippen molar-refractivity contribution >= 4 is 31.9 Å². The number of nitrogens with one attached hydrogen (secondary N) is 1. The van der Waals surface area contributed by atoms with E-state index in [4.69, 9.17) is 0 Å². The highest BCUT2D eigenvalue weighted by atomic mass is 79.9. The van der Waals surface area contributed by atoms with Crippen LogP contribution in [0.4, 0.5) is 0 Å². The van der Waals surface area contributed by atoms with Gasteiger partial charge in [-0.25, -0.2) is 4.98 Å². The van der Waals surface area contributed by atoms with Crippen molar-refractivity contribution in [3.05, 3.63) is 45.4 Å². The summed E-state index contributed by atoms with van der Waals surface area (Å²) < 4.78 is 4.30. The van der Waals surface area contributed by atoms with Crippen molar-refractivity contribution in [3.63, 3.8) is 0 Å². The molecule has 3 rings (SSSR count). The molecule has 0 bridgehead atoms. The summed E-state index contributed by atoms with van der Waals surface area (Å²) in [7, 11) is 0. The Morgan fingerprint density at radius 3 is 2.82 bits per heavy atom. The fourth-order valence-electron chi connectivity index (χ4n) is 1.98. The summed E-state index contributed by atoms with van der Waals surface area (Å²) in [6, 6.07) is 6.17. The van der Waals surface area contributed by atoms with E-state index in [2.05, 4.69) is 52.8 Å². The van der Waals surface area contributed by atoms with Gasteiger partial charge in [0.15, 0.2) is 0 Å². The average Bonchev–Trinajstić information content (AvgIpc) is 2.68. The zero-order valence-electron chi connectivity index (χ0n) is 9.03. The Bertz CT molecular complexity index is 546. The number of benzene rings is 1. The molecule has 0 aliphatic carbocycles. The molecule has 1 fully saturated rings. The maximum Gasteiger partial charge on any atom is 0.0994 e. The maximum atomic E-state index is 4.27. The third-order valence-corrected chi connectivity index (χ3v) is 4.20. The number of hydrogen-bond donors (Lipinski definition) is 1. The van der Waals surface area contributed by atoms with Crippen molar-refractivity contribution < 1.29 is 0 Å². The van der Waals surface area contributed by atoms with Gasteiger partial charge < -0.3 is 9.88 Å². The first-order valence-electron chi connectivity index (χ1n) is 5.44. The topological polar surface area (TPSA) is 29.9 Å². The van der Waals surface area contributed by atoms with E-state index in [0.29, 0.717) is 5.92 Å². The van der Waals surface area contributed by atoms with Crippen LogP contribution < -0.4 is 5.32 Å². The van der Waals surface area contributed by atoms with Crippen LogP contribution >= 0.6 is 31.9 Å². The molecule has 2 heterocycles. The molecule has 17 heavy (non-hydrogen) atoms. The molecule has 0 radical (unpaired) electrons. The van der Waals surface area contributed by atoms with E-state index in [1.807, 2.05) is 24.7 Å². The Hall–Kier alpha value is -0.650. The number of hydrogen-bond acceptors (Lipinski definition) is 2. The molecule has 5 heteroatoms. The minimum atomic E-state index is 0.573. The van der Waals surface area contributed by atoms with Gasteiger partial charge in [-0.05, 0) is 34.1 Å². The zero-order valence-corrected chi connectivity index (χ0v) is 12.2. The normalized spacial score (nSPS) is 15.9. The molecule has 1 aliphatic rings. The van der Waals surface area contributed by atoms with Gasteiger partial charge >= 0.3 is 0 Å². The molecule has 0 atom stereocenters. The van der Waals surface area contributed by atoms with Crippen LogP contribution in [0.15, 0.2) is 39.7 Å². The van der Waals surface area contributed by atoms with Gasteiger partial charge in [-0.3, -0.25) is 0 Å². The van der Waals surface area contributed by atoms with Gasteiger partial charge in [0.25, 0.3) is 0 Å². The monoisotopic (exact) mass is 355 g/mol. The highest BCUT2D eigenvalue weighted by molar-refractivity contribution is 9.11. The number of imidazole rings is 1. The Labute approximate surface area is 117 Å². The zero-order chi connectivity index (χ0) is 11.8. The van der Waals surface area contributed by atoms with Crippen molar-refractivity contribution in [3.8, 4) is 5.69 Å². The second kappa shape index (κ2) is 4.55. The lowest BCUT2D eigenvalue weighted by Gasteiger charge is -2.28. The molecule has 1 saturated heterocycles. The smallest absolute Gasteiger partial charge is 0.0994 e. The van der Waals surface area contributed by atoms with Gasteiger partial charge in [-0.15, -0.1) is 0 Å². The number of nitrogens with zero attached hydrogens (tertiary/aromatic N) is 2. The summed E-state index contributed by atoms with van der Waals surface area (Å²) in [5.74, 6) is 0.573. The second-order valence-electron chi connectivity index (χ2n) is 4.14. The first-order chi connectivity index (χ1) is 8.25. The van der Waals surface area contributed by atoms with Crippen LogP contribution in [0.1, 0.15) is 11.6 Å². The molecule has 0 amide bonds. The quantitative estimate of drug-likeness (QED) is 0.896. The molecular weight excluding hydrogens is 346 g/mol. The third kappa shape index (κ3) is 2.07. The molecule has 0 unspecified atom stereocenters.